The summed E-state index contributed by atoms with van der Waals surface area (Å²) in [6, 6.07) is 5.12. The summed E-state index contributed by atoms with van der Waals surface area (Å²) < 4.78 is 0. The number of piperazine rings is 1. The second-order valence-corrected chi connectivity index (χ2v) is 8.01. The Hall–Kier alpha value is -2.61. The quantitative estimate of drug-likeness (QED) is 0.640. The number of amides is 2. The maximum atomic E-state index is 12.3. The Labute approximate surface area is 178 Å². The van der Waals surface area contributed by atoms with Crippen LogP contribution in [0.2, 0.25) is 0 Å². The first-order valence-corrected chi connectivity index (χ1v) is 10.7. The van der Waals surface area contributed by atoms with E-state index in [2.05, 4.69) is 15.1 Å². The van der Waals surface area contributed by atoms with E-state index in [1.165, 1.54) is 0 Å². The molecule has 1 aromatic rings. The van der Waals surface area contributed by atoms with Gasteiger partial charge in [0.15, 0.2) is 0 Å². The van der Waals surface area contributed by atoms with Gasteiger partial charge in [0, 0.05) is 51.4 Å². The number of hydrogen-bond donors (Lipinski definition) is 2. The van der Waals surface area contributed by atoms with Gasteiger partial charge in [0.05, 0.1) is 17.8 Å². The predicted molar refractivity (Wildman–Crippen MR) is 118 cm³/mol. The number of benzene rings is 1. The Morgan fingerprint density at radius 1 is 1.10 bits per heavy atom. The number of carbonyl (C=O) groups is 3. The van der Waals surface area contributed by atoms with Crippen LogP contribution in [-0.4, -0.2) is 78.5 Å². The van der Waals surface area contributed by atoms with Gasteiger partial charge in [-0.2, -0.15) is 0 Å². The number of rotatable bonds is 9. The van der Waals surface area contributed by atoms with Crippen molar-refractivity contribution in [1.29, 1.82) is 0 Å². The molecule has 2 N–H and O–H groups in total. The molecule has 0 saturated carbocycles. The van der Waals surface area contributed by atoms with E-state index in [4.69, 9.17) is 0 Å². The molecule has 2 amide bonds. The lowest BCUT2D eigenvalue weighted by atomic mass is 10.1. The third-order valence-corrected chi connectivity index (χ3v) is 5.31. The van der Waals surface area contributed by atoms with E-state index >= 15 is 0 Å². The molecule has 166 valence electrons. The van der Waals surface area contributed by atoms with Crippen LogP contribution in [0.25, 0.3) is 0 Å². The molecule has 0 aromatic heterocycles. The lowest BCUT2D eigenvalue weighted by Gasteiger charge is -2.36. The highest BCUT2D eigenvalue weighted by Gasteiger charge is 2.22. The lowest BCUT2D eigenvalue weighted by molar-refractivity contribution is -0.132. The van der Waals surface area contributed by atoms with Crippen molar-refractivity contribution >= 4 is 29.2 Å². The van der Waals surface area contributed by atoms with Crippen molar-refractivity contribution in [3.8, 4) is 0 Å². The van der Waals surface area contributed by atoms with Gasteiger partial charge in [-0.3, -0.25) is 14.5 Å². The molecule has 0 bridgehead atoms. The van der Waals surface area contributed by atoms with Crippen molar-refractivity contribution in [3.05, 3.63) is 23.8 Å². The van der Waals surface area contributed by atoms with E-state index in [0.717, 1.165) is 18.8 Å². The number of carboxylic acids is 1. The first kappa shape index (κ1) is 23.7. The minimum Gasteiger partial charge on any atom is -0.478 e. The summed E-state index contributed by atoms with van der Waals surface area (Å²) in [5.41, 5.74) is 1.22. The lowest BCUT2D eigenvalue weighted by Crippen LogP contribution is -2.50. The monoisotopic (exact) mass is 418 g/mol. The van der Waals surface area contributed by atoms with Crippen LogP contribution in [0, 0.1) is 5.92 Å². The van der Waals surface area contributed by atoms with Crippen LogP contribution in [0.3, 0.4) is 0 Å². The fourth-order valence-corrected chi connectivity index (χ4v) is 3.62. The topological polar surface area (TPSA) is 93.2 Å². The first-order valence-electron chi connectivity index (χ1n) is 10.7. The van der Waals surface area contributed by atoms with Crippen LogP contribution in [0.5, 0.6) is 0 Å². The van der Waals surface area contributed by atoms with Crippen LogP contribution in [0.1, 0.15) is 44.5 Å². The van der Waals surface area contributed by atoms with Crippen LogP contribution >= 0.6 is 0 Å². The molecule has 8 heteroatoms. The van der Waals surface area contributed by atoms with Gasteiger partial charge in [0.1, 0.15) is 0 Å². The van der Waals surface area contributed by atoms with Gasteiger partial charge < -0.3 is 20.2 Å². The summed E-state index contributed by atoms with van der Waals surface area (Å²) in [7, 11) is 0. The van der Waals surface area contributed by atoms with Crippen molar-refractivity contribution in [3.63, 3.8) is 0 Å². The van der Waals surface area contributed by atoms with Crippen LogP contribution in [0.15, 0.2) is 18.2 Å². The number of anilines is 2. The second kappa shape index (κ2) is 11.0. The van der Waals surface area contributed by atoms with E-state index in [9.17, 15) is 19.5 Å². The van der Waals surface area contributed by atoms with Crippen LogP contribution in [0.4, 0.5) is 11.4 Å². The third kappa shape index (κ3) is 6.45. The zero-order valence-electron chi connectivity index (χ0n) is 18.5. The number of nitrogens with one attached hydrogen (secondary N) is 1. The number of carboxylic acid groups (broad SMARTS) is 1. The second-order valence-electron chi connectivity index (χ2n) is 8.01. The van der Waals surface area contributed by atoms with E-state index in [1.807, 2.05) is 38.7 Å². The molecule has 1 saturated heterocycles. The third-order valence-electron chi connectivity index (χ3n) is 5.31. The predicted octanol–water partition coefficient (Wildman–Crippen LogP) is 2.36. The molecule has 0 atom stereocenters. The zero-order valence-corrected chi connectivity index (χ0v) is 18.5. The Balaban J connectivity index is 2.02. The highest BCUT2D eigenvalue weighted by molar-refractivity contribution is 6.01. The minimum absolute atomic E-state index is 0.0868. The number of aromatic carboxylic acids is 1. The molecule has 1 fully saturated rings. The fourth-order valence-electron chi connectivity index (χ4n) is 3.62. The number of carbonyl (C=O) groups excluding carboxylic acids is 2. The molecule has 0 spiro atoms. The smallest absolute Gasteiger partial charge is 0.337 e. The summed E-state index contributed by atoms with van der Waals surface area (Å²) in [5.74, 6) is -0.919. The standard InChI is InChI=1S/C22H34N4O4/c1-5-25(6-2)21(28)15-24-9-11-26(12-10-24)17-7-8-19(18(14-17)22(29)30)23-20(27)13-16(3)4/h7-8,14,16H,5-6,9-13,15H2,1-4H3,(H,23,27)(H,29,30). The molecular weight excluding hydrogens is 384 g/mol. The van der Waals surface area contributed by atoms with Crippen LogP contribution in [-0.2, 0) is 9.59 Å². The molecule has 1 heterocycles. The molecule has 0 radical (unpaired) electrons. The van der Waals surface area contributed by atoms with E-state index in [1.54, 1.807) is 12.1 Å². The minimum atomic E-state index is -1.07. The summed E-state index contributed by atoms with van der Waals surface area (Å²) in [6.45, 7) is 12.6. The van der Waals surface area contributed by atoms with Gasteiger partial charge in [0.2, 0.25) is 11.8 Å². The highest BCUT2D eigenvalue weighted by atomic mass is 16.4. The van der Waals surface area contributed by atoms with Crippen LogP contribution < -0.4 is 10.2 Å². The number of nitrogens with zero attached hydrogens (tertiary/aromatic N) is 3. The number of hydrogen-bond acceptors (Lipinski definition) is 5. The molecule has 1 aliphatic heterocycles. The summed E-state index contributed by atoms with van der Waals surface area (Å²) in [5, 5.41) is 12.3. The number of likely N-dealkylation sites (N-methyl/N-ethyl adjacent to an activating group) is 1. The summed E-state index contributed by atoms with van der Waals surface area (Å²) in [6.07, 6.45) is 0.342. The molecule has 2 rings (SSSR count). The molecule has 0 aliphatic carbocycles. The zero-order chi connectivity index (χ0) is 22.3. The summed E-state index contributed by atoms with van der Waals surface area (Å²) in [4.78, 5) is 42.2. The van der Waals surface area contributed by atoms with E-state index in [0.29, 0.717) is 44.8 Å². The normalized spacial score (nSPS) is 14.6. The highest BCUT2D eigenvalue weighted by Crippen LogP contribution is 2.25. The van der Waals surface area contributed by atoms with E-state index < -0.39 is 5.97 Å². The van der Waals surface area contributed by atoms with Crippen molar-refractivity contribution in [2.75, 3.05) is 56.0 Å². The average molecular weight is 419 g/mol. The van der Waals surface area contributed by atoms with Gasteiger partial charge in [-0.05, 0) is 38.0 Å². The maximum Gasteiger partial charge on any atom is 0.337 e. The van der Waals surface area contributed by atoms with Gasteiger partial charge in [-0.15, -0.1) is 0 Å². The van der Waals surface area contributed by atoms with Gasteiger partial charge in [0.25, 0.3) is 0 Å². The Morgan fingerprint density at radius 3 is 2.27 bits per heavy atom. The average Bonchev–Trinajstić information content (AvgIpc) is 2.69. The Bertz CT molecular complexity index is 754. The Morgan fingerprint density at radius 2 is 1.73 bits per heavy atom. The maximum absolute atomic E-state index is 12.3. The SMILES string of the molecule is CCN(CC)C(=O)CN1CCN(c2ccc(NC(=O)CC(C)C)c(C(=O)O)c2)CC1. The molecule has 1 aliphatic rings. The van der Waals surface area contributed by atoms with Gasteiger partial charge >= 0.3 is 5.97 Å². The van der Waals surface area contributed by atoms with Gasteiger partial charge in [-0.25, -0.2) is 4.79 Å². The van der Waals surface area contributed by atoms with Crippen molar-refractivity contribution in [2.24, 2.45) is 5.92 Å². The van der Waals surface area contributed by atoms with Gasteiger partial charge in [-0.1, -0.05) is 13.8 Å². The first-order chi connectivity index (χ1) is 14.2. The molecule has 8 nitrogen and oxygen atoms in total. The summed E-state index contributed by atoms with van der Waals surface area (Å²) >= 11 is 0. The molecular formula is C22H34N4O4. The molecule has 0 unspecified atom stereocenters. The van der Waals surface area contributed by atoms with Crippen molar-refractivity contribution in [1.82, 2.24) is 9.80 Å². The fraction of sp³-hybridized carbons (Fsp3) is 0.591. The van der Waals surface area contributed by atoms with E-state index in [-0.39, 0.29) is 23.3 Å². The largest absolute Gasteiger partial charge is 0.478 e. The Kier molecular flexibility index (Phi) is 8.65. The molecule has 30 heavy (non-hydrogen) atoms. The van der Waals surface area contributed by atoms with Crippen molar-refractivity contribution in [2.45, 2.75) is 34.1 Å². The van der Waals surface area contributed by atoms with Crippen molar-refractivity contribution < 1.29 is 19.5 Å². The molecule has 1 aromatic carbocycles.